The Bertz CT molecular complexity index is 837. The number of aromatic nitrogens is 1. The van der Waals surface area contributed by atoms with E-state index < -0.39 is 5.97 Å². The van der Waals surface area contributed by atoms with Gasteiger partial charge in [0.15, 0.2) is 0 Å². The van der Waals surface area contributed by atoms with Crippen LogP contribution in [0.4, 0.5) is 0 Å². The third kappa shape index (κ3) is 2.72. The molecule has 2 aromatic carbocycles. The van der Waals surface area contributed by atoms with E-state index in [-0.39, 0.29) is 6.42 Å². The molecule has 0 aliphatic carbocycles. The highest BCUT2D eigenvalue weighted by molar-refractivity contribution is 9.10. The Hall–Kier alpha value is -2.27. The number of aliphatic carboxylic acids is 1. The van der Waals surface area contributed by atoms with E-state index >= 15 is 0 Å². The molecule has 112 valence electrons. The number of aromatic amines is 1. The number of H-pyrrole nitrogens is 1. The molecular weight excluding hydrogens is 346 g/mol. The predicted octanol–water partition coefficient (Wildman–Crippen LogP) is 4.23. The summed E-state index contributed by atoms with van der Waals surface area (Å²) in [7, 11) is 1.62. The maximum Gasteiger partial charge on any atom is 0.307 e. The molecule has 0 unspecified atom stereocenters. The summed E-state index contributed by atoms with van der Waals surface area (Å²) >= 11 is 3.44. The Labute approximate surface area is 135 Å². The number of ether oxygens (including phenoxy) is 1. The van der Waals surface area contributed by atoms with Gasteiger partial charge in [0.25, 0.3) is 0 Å². The zero-order chi connectivity index (χ0) is 15.7. The van der Waals surface area contributed by atoms with Crippen molar-refractivity contribution < 1.29 is 14.6 Å². The molecule has 3 rings (SSSR count). The molecule has 0 amide bonds. The highest BCUT2D eigenvalue weighted by Crippen LogP contribution is 2.33. The molecule has 0 bridgehead atoms. The third-order valence-corrected chi connectivity index (χ3v) is 4.07. The second kappa shape index (κ2) is 5.85. The van der Waals surface area contributed by atoms with Crippen LogP contribution in [0.2, 0.25) is 0 Å². The Morgan fingerprint density at radius 1 is 1.23 bits per heavy atom. The smallest absolute Gasteiger partial charge is 0.307 e. The first kappa shape index (κ1) is 14.7. The molecule has 0 aliphatic heterocycles. The van der Waals surface area contributed by atoms with Crippen molar-refractivity contribution in [2.45, 2.75) is 6.42 Å². The largest absolute Gasteiger partial charge is 0.497 e. The lowest BCUT2D eigenvalue weighted by Crippen LogP contribution is -2.00. The monoisotopic (exact) mass is 359 g/mol. The number of nitrogens with one attached hydrogen (secondary N) is 1. The summed E-state index contributed by atoms with van der Waals surface area (Å²) in [6.07, 6.45) is -0.0299. The topological polar surface area (TPSA) is 62.3 Å². The van der Waals surface area contributed by atoms with Gasteiger partial charge in [0.1, 0.15) is 5.75 Å². The van der Waals surface area contributed by atoms with Crippen LogP contribution in [0.1, 0.15) is 5.56 Å². The molecule has 5 heteroatoms. The first-order chi connectivity index (χ1) is 10.6. The van der Waals surface area contributed by atoms with Gasteiger partial charge in [-0.3, -0.25) is 4.79 Å². The fourth-order valence-corrected chi connectivity index (χ4v) is 2.92. The van der Waals surface area contributed by atoms with Gasteiger partial charge in [-0.2, -0.15) is 0 Å². The average Bonchev–Trinajstić information content (AvgIpc) is 2.85. The van der Waals surface area contributed by atoms with Gasteiger partial charge < -0.3 is 14.8 Å². The lowest BCUT2D eigenvalue weighted by Gasteiger charge is -2.05. The zero-order valence-corrected chi connectivity index (χ0v) is 13.5. The number of carbonyl (C=O) groups is 1. The van der Waals surface area contributed by atoms with Gasteiger partial charge in [-0.1, -0.05) is 15.9 Å². The van der Waals surface area contributed by atoms with Crippen LogP contribution in [0.3, 0.4) is 0 Å². The Balaban J connectivity index is 2.20. The lowest BCUT2D eigenvalue weighted by molar-refractivity contribution is -0.136. The third-order valence-electron chi connectivity index (χ3n) is 3.57. The molecule has 0 saturated carbocycles. The fourth-order valence-electron chi connectivity index (χ4n) is 2.56. The minimum atomic E-state index is -0.851. The van der Waals surface area contributed by atoms with Crippen molar-refractivity contribution in [3.05, 3.63) is 52.5 Å². The van der Waals surface area contributed by atoms with Crippen molar-refractivity contribution in [2.24, 2.45) is 0 Å². The number of hydrogen-bond donors (Lipinski definition) is 2. The predicted molar refractivity (Wildman–Crippen MR) is 89.3 cm³/mol. The van der Waals surface area contributed by atoms with Gasteiger partial charge in [-0.15, -0.1) is 0 Å². The van der Waals surface area contributed by atoms with Gasteiger partial charge in [0.2, 0.25) is 0 Å². The highest BCUT2D eigenvalue weighted by Gasteiger charge is 2.16. The Kier molecular flexibility index (Phi) is 3.90. The van der Waals surface area contributed by atoms with Crippen molar-refractivity contribution in [3.8, 4) is 17.0 Å². The van der Waals surface area contributed by atoms with Crippen molar-refractivity contribution in [3.63, 3.8) is 0 Å². The zero-order valence-electron chi connectivity index (χ0n) is 11.9. The molecule has 1 heterocycles. The second-order valence-electron chi connectivity index (χ2n) is 4.97. The summed E-state index contributed by atoms with van der Waals surface area (Å²) in [5.41, 5.74) is 3.47. The average molecular weight is 360 g/mol. The molecule has 22 heavy (non-hydrogen) atoms. The minimum Gasteiger partial charge on any atom is -0.497 e. The van der Waals surface area contributed by atoms with Crippen LogP contribution in [0.25, 0.3) is 22.2 Å². The number of carboxylic acid groups (broad SMARTS) is 1. The van der Waals surface area contributed by atoms with E-state index in [4.69, 9.17) is 4.74 Å². The van der Waals surface area contributed by atoms with Crippen molar-refractivity contribution >= 4 is 32.8 Å². The van der Waals surface area contributed by atoms with Crippen LogP contribution >= 0.6 is 15.9 Å². The SMILES string of the molecule is COc1ccc(-c2[nH]c3ccc(Br)cc3c2CC(=O)O)cc1. The van der Waals surface area contributed by atoms with Crippen molar-refractivity contribution in [1.82, 2.24) is 4.98 Å². The number of carboxylic acids is 1. The van der Waals surface area contributed by atoms with Crippen LogP contribution < -0.4 is 4.74 Å². The summed E-state index contributed by atoms with van der Waals surface area (Å²) in [6, 6.07) is 13.4. The maximum atomic E-state index is 11.2. The number of fused-ring (bicyclic) bond motifs is 1. The quantitative estimate of drug-likeness (QED) is 0.732. The summed E-state index contributed by atoms with van der Waals surface area (Å²) in [5, 5.41) is 10.1. The van der Waals surface area contributed by atoms with E-state index in [1.165, 1.54) is 0 Å². The molecule has 2 N–H and O–H groups in total. The van der Waals surface area contributed by atoms with Crippen LogP contribution in [-0.4, -0.2) is 23.2 Å². The first-order valence-corrected chi connectivity index (χ1v) is 7.54. The molecule has 0 saturated heterocycles. The molecule has 1 aromatic heterocycles. The van der Waals surface area contributed by atoms with E-state index in [1.807, 2.05) is 42.5 Å². The molecule has 0 spiro atoms. The molecule has 0 radical (unpaired) electrons. The standard InChI is InChI=1S/C17H14BrNO3/c1-22-12-5-2-10(3-6-12)17-14(9-16(20)21)13-8-11(18)4-7-15(13)19-17/h2-8,19H,9H2,1H3,(H,20,21). The molecule has 0 fully saturated rings. The molecule has 3 aromatic rings. The maximum absolute atomic E-state index is 11.2. The van der Waals surface area contributed by atoms with E-state index in [0.29, 0.717) is 0 Å². The number of benzene rings is 2. The van der Waals surface area contributed by atoms with Gasteiger partial charge in [-0.25, -0.2) is 0 Å². The van der Waals surface area contributed by atoms with Gasteiger partial charge >= 0.3 is 5.97 Å². The van der Waals surface area contributed by atoms with Crippen LogP contribution in [-0.2, 0) is 11.2 Å². The van der Waals surface area contributed by atoms with Crippen molar-refractivity contribution in [1.29, 1.82) is 0 Å². The lowest BCUT2D eigenvalue weighted by atomic mass is 10.0. The number of halogens is 1. The van der Waals surface area contributed by atoms with Crippen molar-refractivity contribution in [2.75, 3.05) is 7.11 Å². The van der Waals surface area contributed by atoms with E-state index in [9.17, 15) is 9.90 Å². The van der Waals surface area contributed by atoms with Gasteiger partial charge in [0, 0.05) is 15.4 Å². The minimum absolute atomic E-state index is 0.0299. The Morgan fingerprint density at radius 2 is 1.95 bits per heavy atom. The summed E-state index contributed by atoms with van der Waals surface area (Å²) in [4.78, 5) is 14.6. The Morgan fingerprint density at radius 3 is 2.59 bits per heavy atom. The number of rotatable bonds is 4. The van der Waals surface area contributed by atoms with Crippen LogP contribution in [0, 0.1) is 0 Å². The summed E-state index contributed by atoms with van der Waals surface area (Å²) in [5.74, 6) is -0.0852. The van der Waals surface area contributed by atoms with E-state index in [1.54, 1.807) is 7.11 Å². The molecule has 4 nitrogen and oxygen atoms in total. The molecule has 0 atom stereocenters. The van der Waals surface area contributed by atoms with E-state index in [0.717, 1.165) is 37.9 Å². The van der Waals surface area contributed by atoms with Gasteiger partial charge in [-0.05, 0) is 53.6 Å². The first-order valence-electron chi connectivity index (χ1n) is 6.75. The highest BCUT2D eigenvalue weighted by atomic mass is 79.9. The van der Waals surface area contributed by atoms with Crippen LogP contribution in [0.15, 0.2) is 46.9 Å². The van der Waals surface area contributed by atoms with E-state index in [2.05, 4.69) is 20.9 Å². The fraction of sp³-hybridized carbons (Fsp3) is 0.118. The molecular formula is C17H14BrNO3. The van der Waals surface area contributed by atoms with Gasteiger partial charge in [0.05, 0.1) is 19.2 Å². The number of hydrogen-bond acceptors (Lipinski definition) is 2. The normalized spacial score (nSPS) is 10.8. The van der Waals surface area contributed by atoms with Crippen LogP contribution in [0.5, 0.6) is 5.75 Å². The second-order valence-corrected chi connectivity index (χ2v) is 5.88. The number of methoxy groups -OCH3 is 1. The summed E-state index contributed by atoms with van der Waals surface area (Å²) < 4.78 is 6.09. The molecule has 0 aliphatic rings. The summed E-state index contributed by atoms with van der Waals surface area (Å²) in [6.45, 7) is 0.